The Morgan fingerprint density at radius 2 is 1.76 bits per heavy atom. The van der Waals surface area contributed by atoms with Crippen LogP contribution < -0.4 is 5.19 Å². The summed E-state index contributed by atoms with van der Waals surface area (Å²) in [5.41, 5.74) is 1.32. The molecule has 94 valence electrons. The molecule has 0 atom stereocenters. The molecule has 0 spiro atoms. The molecule has 1 aromatic carbocycles. The highest BCUT2D eigenvalue weighted by molar-refractivity contribution is 6.88. The Labute approximate surface area is 105 Å². The number of ether oxygens (including phenoxy) is 1. The second-order valence-corrected chi connectivity index (χ2v) is 10.5. The summed E-state index contributed by atoms with van der Waals surface area (Å²) in [6.07, 6.45) is 1.87. The minimum atomic E-state index is -1.18. The maximum Gasteiger partial charge on any atom is 0.302 e. The Morgan fingerprint density at radius 3 is 2.24 bits per heavy atom. The molecule has 0 heterocycles. The fourth-order valence-electron chi connectivity index (χ4n) is 1.66. The van der Waals surface area contributed by atoms with Crippen LogP contribution in [0.4, 0.5) is 0 Å². The molecule has 0 aliphatic carbocycles. The summed E-state index contributed by atoms with van der Waals surface area (Å²) >= 11 is 0. The van der Waals surface area contributed by atoms with Crippen molar-refractivity contribution in [2.45, 2.75) is 39.4 Å². The van der Waals surface area contributed by atoms with Crippen LogP contribution in [0.25, 0.3) is 0 Å². The van der Waals surface area contributed by atoms with Gasteiger partial charge in [-0.15, -0.1) is 0 Å². The lowest BCUT2D eigenvalue weighted by molar-refractivity contribution is -0.141. The number of esters is 1. The van der Waals surface area contributed by atoms with Crippen LogP contribution in [0.5, 0.6) is 0 Å². The smallest absolute Gasteiger partial charge is 0.302 e. The molecule has 0 fully saturated rings. The summed E-state index contributed by atoms with van der Waals surface area (Å²) in [4.78, 5) is 10.6. The zero-order chi connectivity index (χ0) is 12.9. The first kappa shape index (κ1) is 14.0. The van der Waals surface area contributed by atoms with E-state index in [1.54, 1.807) is 0 Å². The molecule has 0 aromatic heterocycles. The second-order valence-electron chi connectivity index (χ2n) is 5.39. The van der Waals surface area contributed by atoms with Gasteiger partial charge < -0.3 is 4.74 Å². The molecular formula is C14H22O2Si. The summed E-state index contributed by atoms with van der Waals surface area (Å²) in [7, 11) is -1.18. The fraction of sp³-hybridized carbons (Fsp3) is 0.500. The Hall–Kier alpha value is -1.09. The Balaban J connectivity index is 2.43. The van der Waals surface area contributed by atoms with Crippen LogP contribution in [-0.4, -0.2) is 20.7 Å². The quantitative estimate of drug-likeness (QED) is 0.456. The minimum absolute atomic E-state index is 0.195. The van der Waals surface area contributed by atoms with E-state index in [2.05, 4.69) is 43.9 Å². The van der Waals surface area contributed by atoms with Crippen molar-refractivity contribution in [2.75, 3.05) is 6.61 Å². The van der Waals surface area contributed by atoms with E-state index in [9.17, 15) is 4.79 Å². The molecular weight excluding hydrogens is 228 g/mol. The first-order valence-electron chi connectivity index (χ1n) is 6.12. The second kappa shape index (κ2) is 6.01. The number of rotatable bonds is 5. The fourth-order valence-corrected chi connectivity index (χ4v) is 2.83. The zero-order valence-electron chi connectivity index (χ0n) is 11.2. The molecule has 1 rings (SSSR count). The van der Waals surface area contributed by atoms with Crippen LogP contribution >= 0.6 is 0 Å². The van der Waals surface area contributed by atoms with E-state index < -0.39 is 8.07 Å². The standard InChI is InChI=1S/C14H22O2Si/c1-12(15)16-11-5-6-13-7-9-14(10-8-13)17(2,3)4/h7-10H,5-6,11H2,1-4H3. The van der Waals surface area contributed by atoms with Gasteiger partial charge in [0, 0.05) is 6.92 Å². The number of hydrogen-bond acceptors (Lipinski definition) is 2. The van der Waals surface area contributed by atoms with Crippen LogP contribution in [-0.2, 0) is 16.0 Å². The summed E-state index contributed by atoms with van der Waals surface area (Å²) in [6, 6.07) is 8.88. The largest absolute Gasteiger partial charge is 0.466 e. The van der Waals surface area contributed by atoms with Gasteiger partial charge in [0.25, 0.3) is 0 Å². The van der Waals surface area contributed by atoms with Crippen LogP contribution in [0.1, 0.15) is 18.9 Å². The van der Waals surface area contributed by atoms with E-state index in [0.717, 1.165) is 12.8 Å². The van der Waals surface area contributed by atoms with Crippen LogP contribution in [0.3, 0.4) is 0 Å². The maximum absolute atomic E-state index is 10.6. The molecule has 2 nitrogen and oxygen atoms in total. The van der Waals surface area contributed by atoms with Gasteiger partial charge in [-0.05, 0) is 18.4 Å². The van der Waals surface area contributed by atoms with E-state index in [0.29, 0.717) is 6.61 Å². The maximum atomic E-state index is 10.6. The SMILES string of the molecule is CC(=O)OCCCc1ccc([Si](C)(C)C)cc1. The van der Waals surface area contributed by atoms with E-state index in [1.807, 2.05) is 0 Å². The third kappa shape index (κ3) is 5.17. The zero-order valence-corrected chi connectivity index (χ0v) is 12.2. The van der Waals surface area contributed by atoms with Crippen LogP contribution in [0, 0.1) is 0 Å². The Morgan fingerprint density at radius 1 is 1.18 bits per heavy atom. The minimum Gasteiger partial charge on any atom is -0.466 e. The van der Waals surface area contributed by atoms with E-state index in [1.165, 1.54) is 17.7 Å². The van der Waals surface area contributed by atoms with Crippen molar-refractivity contribution in [3.63, 3.8) is 0 Å². The van der Waals surface area contributed by atoms with Crippen molar-refractivity contribution < 1.29 is 9.53 Å². The van der Waals surface area contributed by atoms with Crippen molar-refractivity contribution >= 4 is 19.2 Å². The normalized spacial score (nSPS) is 11.3. The molecule has 0 aliphatic heterocycles. The van der Waals surface area contributed by atoms with Crippen molar-refractivity contribution in [2.24, 2.45) is 0 Å². The predicted octanol–water partition coefficient (Wildman–Crippen LogP) is 2.73. The number of benzene rings is 1. The Bertz CT molecular complexity index is 363. The summed E-state index contributed by atoms with van der Waals surface area (Å²) in [6.45, 7) is 9.02. The molecule has 0 radical (unpaired) electrons. The summed E-state index contributed by atoms with van der Waals surface area (Å²) in [5.74, 6) is -0.195. The first-order valence-corrected chi connectivity index (χ1v) is 9.62. The van der Waals surface area contributed by atoms with E-state index in [-0.39, 0.29) is 5.97 Å². The van der Waals surface area contributed by atoms with Gasteiger partial charge in [-0.2, -0.15) is 0 Å². The lowest BCUT2D eigenvalue weighted by atomic mass is 10.1. The molecule has 0 bridgehead atoms. The lowest BCUT2D eigenvalue weighted by Gasteiger charge is -2.16. The molecule has 0 unspecified atom stereocenters. The molecule has 0 saturated carbocycles. The van der Waals surface area contributed by atoms with Gasteiger partial charge in [-0.3, -0.25) is 4.79 Å². The van der Waals surface area contributed by atoms with Crippen molar-refractivity contribution in [3.05, 3.63) is 29.8 Å². The predicted molar refractivity (Wildman–Crippen MR) is 74.4 cm³/mol. The van der Waals surface area contributed by atoms with Gasteiger partial charge in [0.15, 0.2) is 0 Å². The van der Waals surface area contributed by atoms with Gasteiger partial charge >= 0.3 is 5.97 Å². The monoisotopic (exact) mass is 250 g/mol. The third-order valence-corrected chi connectivity index (χ3v) is 4.80. The number of carbonyl (C=O) groups is 1. The van der Waals surface area contributed by atoms with Crippen molar-refractivity contribution in [3.8, 4) is 0 Å². The highest BCUT2D eigenvalue weighted by atomic mass is 28.3. The highest BCUT2D eigenvalue weighted by Crippen LogP contribution is 2.06. The molecule has 0 saturated heterocycles. The first-order chi connectivity index (χ1) is 7.89. The average Bonchev–Trinajstić information content (AvgIpc) is 2.23. The van der Waals surface area contributed by atoms with E-state index in [4.69, 9.17) is 4.74 Å². The third-order valence-electron chi connectivity index (χ3n) is 2.74. The molecule has 0 amide bonds. The lowest BCUT2D eigenvalue weighted by Crippen LogP contribution is -2.37. The van der Waals surface area contributed by atoms with Gasteiger partial charge in [0.1, 0.15) is 0 Å². The number of carbonyl (C=O) groups excluding carboxylic acids is 1. The number of aryl methyl sites for hydroxylation is 1. The van der Waals surface area contributed by atoms with E-state index >= 15 is 0 Å². The topological polar surface area (TPSA) is 26.3 Å². The summed E-state index contributed by atoms with van der Waals surface area (Å²) < 4.78 is 4.91. The molecule has 0 aliphatic rings. The van der Waals surface area contributed by atoms with Gasteiger partial charge in [0.05, 0.1) is 14.7 Å². The average molecular weight is 250 g/mol. The van der Waals surface area contributed by atoms with Gasteiger partial charge in [-0.1, -0.05) is 49.1 Å². The molecule has 1 aromatic rings. The molecule has 3 heteroatoms. The van der Waals surface area contributed by atoms with Crippen LogP contribution in [0.2, 0.25) is 19.6 Å². The van der Waals surface area contributed by atoms with Gasteiger partial charge in [0.2, 0.25) is 0 Å². The van der Waals surface area contributed by atoms with Crippen LogP contribution in [0.15, 0.2) is 24.3 Å². The van der Waals surface area contributed by atoms with Crippen molar-refractivity contribution in [1.29, 1.82) is 0 Å². The van der Waals surface area contributed by atoms with Gasteiger partial charge in [-0.25, -0.2) is 0 Å². The highest BCUT2D eigenvalue weighted by Gasteiger charge is 2.15. The Kier molecular flexibility index (Phi) is 4.94. The summed E-state index contributed by atoms with van der Waals surface area (Å²) in [5, 5.41) is 1.49. The van der Waals surface area contributed by atoms with Crippen molar-refractivity contribution in [1.82, 2.24) is 0 Å². The number of hydrogen-bond donors (Lipinski definition) is 0. The molecule has 0 N–H and O–H groups in total. The molecule has 17 heavy (non-hydrogen) atoms.